The summed E-state index contributed by atoms with van der Waals surface area (Å²) in [5.74, 6) is 1.16. The summed E-state index contributed by atoms with van der Waals surface area (Å²) >= 11 is 0. The number of carbonyl (C=O) groups excluding carboxylic acids is 3. The van der Waals surface area contributed by atoms with Gasteiger partial charge in [0.05, 0.1) is 19.8 Å². The molecule has 0 saturated carbocycles. The SMILES string of the molecule is CCOc1cc(C(=O)NC2CCN(C(=O)CCNC(=O)OC(C)(C)C)CC2)cc(OCC)c1OCC. The second-order valence-corrected chi connectivity index (χ2v) is 9.41. The average Bonchev–Trinajstić information content (AvgIpc) is 2.80. The van der Waals surface area contributed by atoms with Crippen molar-refractivity contribution in [2.45, 2.75) is 72.4 Å². The Morgan fingerprint density at radius 2 is 1.50 bits per heavy atom. The zero-order valence-electron chi connectivity index (χ0n) is 22.4. The topological polar surface area (TPSA) is 115 Å². The number of rotatable bonds is 11. The van der Waals surface area contributed by atoms with Gasteiger partial charge in [0.1, 0.15) is 5.60 Å². The molecule has 2 N–H and O–H groups in total. The first-order valence-electron chi connectivity index (χ1n) is 12.7. The standard InChI is InChI=1S/C26H41N3O7/c1-7-33-20-16-18(17-21(34-8-2)23(20)35-9-3)24(31)28-19-11-14-29(15-12-19)22(30)10-13-27-25(32)36-26(4,5)6/h16-17,19H,7-15H2,1-6H3,(H,27,32)(H,28,31). The van der Waals surface area contributed by atoms with E-state index in [0.29, 0.717) is 68.6 Å². The van der Waals surface area contributed by atoms with Crippen LogP contribution in [0.25, 0.3) is 0 Å². The van der Waals surface area contributed by atoms with Gasteiger partial charge < -0.3 is 34.5 Å². The van der Waals surface area contributed by atoms with Crippen molar-refractivity contribution in [2.24, 2.45) is 0 Å². The maximum absolute atomic E-state index is 13.0. The second-order valence-electron chi connectivity index (χ2n) is 9.41. The van der Waals surface area contributed by atoms with Crippen LogP contribution in [-0.4, -0.2) is 73.9 Å². The first-order valence-corrected chi connectivity index (χ1v) is 12.7. The summed E-state index contributed by atoms with van der Waals surface area (Å²) in [5, 5.41) is 5.67. The fourth-order valence-electron chi connectivity index (χ4n) is 3.81. The predicted molar refractivity (Wildman–Crippen MR) is 136 cm³/mol. The van der Waals surface area contributed by atoms with Crippen molar-refractivity contribution in [3.8, 4) is 17.2 Å². The second kappa shape index (κ2) is 13.8. The smallest absolute Gasteiger partial charge is 0.407 e. The van der Waals surface area contributed by atoms with E-state index >= 15 is 0 Å². The number of hydrogen-bond acceptors (Lipinski definition) is 7. The monoisotopic (exact) mass is 507 g/mol. The minimum atomic E-state index is -0.582. The van der Waals surface area contributed by atoms with E-state index in [-0.39, 0.29) is 30.8 Å². The van der Waals surface area contributed by atoms with Gasteiger partial charge in [-0.05, 0) is 66.5 Å². The molecule has 1 aromatic rings. The van der Waals surface area contributed by atoms with Gasteiger partial charge >= 0.3 is 6.09 Å². The van der Waals surface area contributed by atoms with E-state index in [9.17, 15) is 14.4 Å². The van der Waals surface area contributed by atoms with Crippen LogP contribution < -0.4 is 24.8 Å². The normalized spacial score (nSPS) is 14.1. The molecule has 0 aromatic heterocycles. The zero-order chi connectivity index (χ0) is 26.7. The van der Waals surface area contributed by atoms with E-state index in [4.69, 9.17) is 18.9 Å². The lowest BCUT2D eigenvalue weighted by Crippen LogP contribution is -2.47. The molecular formula is C26H41N3O7. The van der Waals surface area contributed by atoms with Crippen LogP contribution >= 0.6 is 0 Å². The first-order chi connectivity index (χ1) is 17.1. The van der Waals surface area contributed by atoms with Crippen LogP contribution in [0.5, 0.6) is 17.2 Å². The van der Waals surface area contributed by atoms with Crippen molar-refractivity contribution < 1.29 is 33.3 Å². The number of hydrogen-bond donors (Lipinski definition) is 2. The molecule has 1 saturated heterocycles. The third kappa shape index (κ3) is 9.13. The Morgan fingerprint density at radius 3 is 2.00 bits per heavy atom. The van der Waals surface area contributed by atoms with Crippen molar-refractivity contribution >= 4 is 17.9 Å². The first kappa shape index (κ1) is 29.1. The summed E-state index contributed by atoms with van der Waals surface area (Å²) in [4.78, 5) is 39.0. The molecule has 3 amide bonds. The molecule has 0 atom stereocenters. The molecule has 0 unspecified atom stereocenters. The Bertz CT molecular complexity index is 863. The van der Waals surface area contributed by atoms with Gasteiger partial charge in [0.25, 0.3) is 5.91 Å². The number of nitrogens with zero attached hydrogens (tertiary/aromatic N) is 1. The van der Waals surface area contributed by atoms with Crippen molar-refractivity contribution in [1.82, 2.24) is 15.5 Å². The van der Waals surface area contributed by atoms with E-state index in [2.05, 4.69) is 10.6 Å². The Balaban J connectivity index is 1.89. The Morgan fingerprint density at radius 1 is 0.944 bits per heavy atom. The summed E-state index contributed by atoms with van der Waals surface area (Å²) in [5.41, 5.74) is -0.155. The summed E-state index contributed by atoms with van der Waals surface area (Å²) in [6.07, 6.45) is 0.948. The number of piperidine rings is 1. The van der Waals surface area contributed by atoms with Crippen molar-refractivity contribution in [2.75, 3.05) is 39.5 Å². The fourth-order valence-corrected chi connectivity index (χ4v) is 3.81. The lowest BCUT2D eigenvalue weighted by molar-refractivity contribution is -0.132. The van der Waals surface area contributed by atoms with Crippen LogP contribution in [0.1, 0.15) is 71.2 Å². The molecule has 1 heterocycles. The highest BCUT2D eigenvalue weighted by Crippen LogP contribution is 2.39. The van der Waals surface area contributed by atoms with Gasteiger partial charge in [-0.2, -0.15) is 0 Å². The Labute approximate surface area is 214 Å². The molecule has 1 aliphatic rings. The largest absolute Gasteiger partial charge is 0.490 e. The zero-order valence-corrected chi connectivity index (χ0v) is 22.4. The maximum atomic E-state index is 13.0. The summed E-state index contributed by atoms with van der Waals surface area (Å²) in [7, 11) is 0. The van der Waals surface area contributed by atoms with Crippen LogP contribution in [0.3, 0.4) is 0 Å². The van der Waals surface area contributed by atoms with E-state index < -0.39 is 11.7 Å². The number of carbonyl (C=O) groups is 3. The minimum absolute atomic E-state index is 0.0370. The molecule has 36 heavy (non-hydrogen) atoms. The molecule has 0 radical (unpaired) electrons. The van der Waals surface area contributed by atoms with Gasteiger partial charge in [-0.25, -0.2) is 4.79 Å². The van der Waals surface area contributed by atoms with Crippen LogP contribution in [-0.2, 0) is 9.53 Å². The van der Waals surface area contributed by atoms with E-state index in [1.54, 1.807) is 37.8 Å². The quantitative estimate of drug-likeness (QED) is 0.471. The van der Waals surface area contributed by atoms with Crippen LogP contribution in [0, 0.1) is 0 Å². The van der Waals surface area contributed by atoms with Gasteiger partial charge in [0.15, 0.2) is 11.5 Å². The van der Waals surface area contributed by atoms with Gasteiger partial charge in [0, 0.05) is 37.7 Å². The molecule has 10 heteroatoms. The third-order valence-electron chi connectivity index (χ3n) is 5.36. The van der Waals surface area contributed by atoms with Crippen LogP contribution in [0.2, 0.25) is 0 Å². The van der Waals surface area contributed by atoms with Crippen molar-refractivity contribution in [3.63, 3.8) is 0 Å². The number of benzene rings is 1. The molecular weight excluding hydrogens is 466 g/mol. The molecule has 0 aliphatic carbocycles. The van der Waals surface area contributed by atoms with E-state index in [1.807, 2.05) is 20.8 Å². The van der Waals surface area contributed by atoms with Gasteiger partial charge in [0.2, 0.25) is 11.7 Å². The predicted octanol–water partition coefficient (Wildman–Crippen LogP) is 3.52. The molecule has 0 spiro atoms. The molecule has 202 valence electrons. The molecule has 10 nitrogen and oxygen atoms in total. The molecule has 1 fully saturated rings. The number of ether oxygens (including phenoxy) is 4. The van der Waals surface area contributed by atoms with Crippen molar-refractivity contribution in [1.29, 1.82) is 0 Å². The maximum Gasteiger partial charge on any atom is 0.407 e. The highest BCUT2D eigenvalue weighted by atomic mass is 16.6. The molecule has 0 bridgehead atoms. The van der Waals surface area contributed by atoms with Crippen LogP contribution in [0.15, 0.2) is 12.1 Å². The van der Waals surface area contributed by atoms with E-state index in [0.717, 1.165) is 0 Å². The fraction of sp³-hybridized carbons (Fsp3) is 0.654. The summed E-state index contributed by atoms with van der Waals surface area (Å²) in [6.45, 7) is 13.5. The third-order valence-corrected chi connectivity index (χ3v) is 5.36. The average molecular weight is 508 g/mol. The number of nitrogens with one attached hydrogen (secondary N) is 2. The Kier molecular flexibility index (Phi) is 11.1. The lowest BCUT2D eigenvalue weighted by atomic mass is 10.0. The number of amides is 3. The molecule has 1 aromatic carbocycles. The van der Waals surface area contributed by atoms with Gasteiger partial charge in [-0.3, -0.25) is 9.59 Å². The summed E-state index contributed by atoms with van der Waals surface area (Å²) < 4.78 is 22.3. The number of alkyl carbamates (subject to hydrolysis) is 1. The van der Waals surface area contributed by atoms with Crippen LogP contribution in [0.4, 0.5) is 4.79 Å². The van der Waals surface area contributed by atoms with Gasteiger partial charge in [-0.1, -0.05) is 0 Å². The number of likely N-dealkylation sites (tertiary alicyclic amines) is 1. The minimum Gasteiger partial charge on any atom is -0.490 e. The van der Waals surface area contributed by atoms with E-state index in [1.165, 1.54) is 0 Å². The highest BCUT2D eigenvalue weighted by molar-refractivity contribution is 5.95. The van der Waals surface area contributed by atoms with Crippen molar-refractivity contribution in [3.05, 3.63) is 17.7 Å². The van der Waals surface area contributed by atoms with Gasteiger partial charge in [-0.15, -0.1) is 0 Å². The Hall–Kier alpha value is -3.17. The lowest BCUT2D eigenvalue weighted by Gasteiger charge is -2.32. The molecule has 2 rings (SSSR count). The highest BCUT2D eigenvalue weighted by Gasteiger charge is 2.25. The summed E-state index contributed by atoms with van der Waals surface area (Å²) in [6, 6.07) is 3.28. The molecule has 1 aliphatic heterocycles.